The largest absolute Gasteiger partial charge is 0.396 e. The van der Waals surface area contributed by atoms with Crippen LogP contribution in [0.4, 0.5) is 0 Å². The van der Waals surface area contributed by atoms with Crippen molar-refractivity contribution in [2.45, 2.75) is 19.4 Å². The smallest absolute Gasteiger partial charge is 0.104 e. The molecular weight excluding hydrogens is 284 g/mol. The molecule has 1 aromatic rings. The fourth-order valence-electron chi connectivity index (χ4n) is 2.63. The minimum Gasteiger partial charge on any atom is -0.396 e. The summed E-state index contributed by atoms with van der Waals surface area (Å²) in [5.74, 6) is 6.04. The van der Waals surface area contributed by atoms with Crippen LogP contribution in [0.3, 0.4) is 0 Å². The molecule has 1 atom stereocenters. The van der Waals surface area contributed by atoms with Gasteiger partial charge in [0, 0.05) is 48.6 Å². The number of aliphatic hydroxyl groups excluding tert-OH is 2. The van der Waals surface area contributed by atoms with E-state index in [0.29, 0.717) is 12.5 Å². The lowest BCUT2D eigenvalue weighted by molar-refractivity contribution is 0.121. The number of piperidine rings is 1. The molecule has 3 N–H and O–H groups in total. The van der Waals surface area contributed by atoms with E-state index in [4.69, 9.17) is 5.11 Å². The first-order chi connectivity index (χ1) is 10.3. The van der Waals surface area contributed by atoms with Crippen molar-refractivity contribution >= 4 is 11.3 Å². The topological polar surface area (TPSA) is 55.7 Å². The first-order valence-corrected chi connectivity index (χ1v) is 8.41. The molecule has 116 valence electrons. The fourth-order valence-corrected chi connectivity index (χ4v) is 3.42. The normalized spacial score (nSPS) is 19.2. The molecule has 1 aliphatic heterocycles. The Morgan fingerprint density at radius 1 is 1.43 bits per heavy atom. The monoisotopic (exact) mass is 308 g/mol. The first-order valence-electron chi connectivity index (χ1n) is 7.53. The van der Waals surface area contributed by atoms with Gasteiger partial charge in [-0.25, -0.2) is 0 Å². The van der Waals surface area contributed by atoms with Crippen LogP contribution in [0, 0.1) is 17.8 Å². The van der Waals surface area contributed by atoms with Gasteiger partial charge in [-0.3, -0.25) is 0 Å². The highest BCUT2D eigenvalue weighted by atomic mass is 32.1. The Bertz CT molecular complexity index is 478. The second kappa shape index (κ2) is 9.19. The van der Waals surface area contributed by atoms with Crippen molar-refractivity contribution in [3.63, 3.8) is 0 Å². The van der Waals surface area contributed by atoms with Gasteiger partial charge >= 0.3 is 0 Å². The average molecular weight is 308 g/mol. The summed E-state index contributed by atoms with van der Waals surface area (Å²) < 4.78 is 0. The summed E-state index contributed by atoms with van der Waals surface area (Å²) in [5, 5.41) is 23.4. The predicted octanol–water partition coefficient (Wildman–Crippen LogP) is 0.886. The van der Waals surface area contributed by atoms with Crippen LogP contribution < -0.4 is 5.32 Å². The maximum Gasteiger partial charge on any atom is 0.104 e. The highest BCUT2D eigenvalue weighted by molar-refractivity contribution is 7.10. The van der Waals surface area contributed by atoms with Crippen LogP contribution >= 0.6 is 11.3 Å². The number of hydrogen-bond donors (Lipinski definition) is 3. The Morgan fingerprint density at radius 3 is 3.14 bits per heavy atom. The van der Waals surface area contributed by atoms with Crippen molar-refractivity contribution in [3.05, 3.63) is 21.9 Å². The number of hydrogen-bond acceptors (Lipinski definition) is 5. The summed E-state index contributed by atoms with van der Waals surface area (Å²) in [5.41, 5.74) is 0.979. The van der Waals surface area contributed by atoms with Crippen molar-refractivity contribution in [2.75, 3.05) is 39.4 Å². The molecule has 0 bridgehead atoms. The lowest BCUT2D eigenvalue weighted by Gasteiger charge is -2.31. The van der Waals surface area contributed by atoms with Crippen LogP contribution in [-0.2, 0) is 6.54 Å². The van der Waals surface area contributed by atoms with Gasteiger partial charge in [0.2, 0.25) is 0 Å². The number of thiophene rings is 1. The molecule has 4 nitrogen and oxygen atoms in total. The van der Waals surface area contributed by atoms with Crippen LogP contribution in [0.1, 0.15) is 23.3 Å². The average Bonchev–Trinajstić information content (AvgIpc) is 2.97. The molecule has 0 aliphatic carbocycles. The second-order valence-corrected chi connectivity index (χ2v) is 6.43. The van der Waals surface area contributed by atoms with Gasteiger partial charge in [0.05, 0.1) is 0 Å². The summed E-state index contributed by atoms with van der Waals surface area (Å²) in [6.45, 7) is 5.27. The van der Waals surface area contributed by atoms with E-state index >= 15 is 0 Å². The zero-order valence-electron chi connectivity index (χ0n) is 12.3. The molecule has 21 heavy (non-hydrogen) atoms. The van der Waals surface area contributed by atoms with Crippen molar-refractivity contribution in [1.29, 1.82) is 0 Å². The van der Waals surface area contributed by atoms with Crippen LogP contribution in [0.5, 0.6) is 0 Å². The van der Waals surface area contributed by atoms with Crippen molar-refractivity contribution in [1.82, 2.24) is 10.2 Å². The van der Waals surface area contributed by atoms with Gasteiger partial charge in [0.1, 0.15) is 6.61 Å². The molecule has 1 saturated heterocycles. The molecule has 0 spiro atoms. The number of aliphatic hydroxyl groups is 2. The fraction of sp³-hybridized carbons (Fsp3) is 0.625. The molecule has 0 amide bonds. The van der Waals surface area contributed by atoms with Crippen LogP contribution in [0.25, 0.3) is 0 Å². The van der Waals surface area contributed by atoms with Gasteiger partial charge in [-0.15, -0.1) is 11.3 Å². The van der Waals surface area contributed by atoms with E-state index in [1.54, 1.807) is 11.3 Å². The molecule has 1 fully saturated rings. The van der Waals surface area contributed by atoms with Crippen molar-refractivity contribution in [2.24, 2.45) is 5.92 Å². The molecule has 1 unspecified atom stereocenters. The van der Waals surface area contributed by atoms with Gasteiger partial charge in [-0.05, 0) is 31.4 Å². The number of likely N-dealkylation sites (tertiary alicyclic amines) is 1. The van der Waals surface area contributed by atoms with E-state index in [1.165, 1.54) is 11.3 Å². The third-order valence-corrected chi connectivity index (χ3v) is 4.67. The Hall–Kier alpha value is -0.900. The van der Waals surface area contributed by atoms with E-state index in [0.717, 1.165) is 44.7 Å². The summed E-state index contributed by atoms with van der Waals surface area (Å²) in [4.78, 5) is 3.70. The standard InChI is InChI=1S/C16H24N2O2S/c19-8-2-4-14-9-16(21-13-14)10-17-5-7-18-6-1-3-15(11-18)12-20/h9,13,15,17,19-20H,1,3,5-8,10-12H2. The molecule has 1 aliphatic rings. The maximum atomic E-state index is 9.23. The third kappa shape index (κ3) is 5.77. The highest BCUT2D eigenvalue weighted by Crippen LogP contribution is 2.15. The third-order valence-electron chi connectivity index (χ3n) is 3.73. The quantitative estimate of drug-likeness (QED) is 0.539. The van der Waals surface area contributed by atoms with Gasteiger partial charge < -0.3 is 20.4 Å². The summed E-state index contributed by atoms with van der Waals surface area (Å²) in [6, 6.07) is 2.07. The van der Waals surface area contributed by atoms with Crippen molar-refractivity contribution < 1.29 is 10.2 Å². The van der Waals surface area contributed by atoms with Crippen molar-refractivity contribution in [3.8, 4) is 11.8 Å². The lowest BCUT2D eigenvalue weighted by atomic mass is 9.99. The number of nitrogens with one attached hydrogen (secondary N) is 1. The Morgan fingerprint density at radius 2 is 2.33 bits per heavy atom. The molecule has 0 saturated carbocycles. The molecule has 1 aromatic heterocycles. The summed E-state index contributed by atoms with van der Waals surface area (Å²) in [6.07, 6.45) is 2.36. The number of nitrogens with zero attached hydrogens (tertiary/aromatic N) is 1. The number of rotatable bonds is 6. The van der Waals surface area contributed by atoms with E-state index in [9.17, 15) is 5.11 Å². The highest BCUT2D eigenvalue weighted by Gasteiger charge is 2.18. The van der Waals surface area contributed by atoms with E-state index in [2.05, 4.69) is 28.1 Å². The second-order valence-electron chi connectivity index (χ2n) is 5.43. The Kier molecular flexibility index (Phi) is 7.20. The van der Waals surface area contributed by atoms with E-state index in [-0.39, 0.29) is 6.61 Å². The van der Waals surface area contributed by atoms with E-state index < -0.39 is 0 Å². The maximum absolute atomic E-state index is 9.23. The van der Waals surface area contributed by atoms with Crippen LogP contribution in [0.15, 0.2) is 11.4 Å². The Balaban J connectivity index is 1.64. The zero-order valence-corrected chi connectivity index (χ0v) is 13.2. The molecule has 0 aromatic carbocycles. The van der Waals surface area contributed by atoms with Crippen LogP contribution in [0.2, 0.25) is 0 Å². The minimum atomic E-state index is -0.0892. The van der Waals surface area contributed by atoms with Gasteiger partial charge in [0.15, 0.2) is 0 Å². The van der Waals surface area contributed by atoms with Gasteiger partial charge in [0.25, 0.3) is 0 Å². The SMILES string of the molecule is OCC#Cc1csc(CNCCN2CCCC(CO)C2)c1. The lowest BCUT2D eigenvalue weighted by Crippen LogP contribution is -2.40. The molecule has 2 heterocycles. The first kappa shape index (κ1) is 16.5. The Labute approximate surface area is 130 Å². The predicted molar refractivity (Wildman–Crippen MR) is 86.2 cm³/mol. The van der Waals surface area contributed by atoms with Gasteiger partial charge in [-0.1, -0.05) is 11.8 Å². The molecule has 5 heteroatoms. The molecular formula is C16H24N2O2S. The summed E-state index contributed by atoms with van der Waals surface area (Å²) >= 11 is 1.70. The molecule has 2 rings (SSSR count). The minimum absolute atomic E-state index is 0.0892. The van der Waals surface area contributed by atoms with E-state index in [1.807, 2.05) is 5.38 Å². The van der Waals surface area contributed by atoms with Gasteiger partial charge in [-0.2, -0.15) is 0 Å². The summed E-state index contributed by atoms with van der Waals surface area (Å²) in [7, 11) is 0. The van der Waals surface area contributed by atoms with Crippen LogP contribution in [-0.4, -0.2) is 54.5 Å². The zero-order chi connectivity index (χ0) is 14.9. The molecule has 0 radical (unpaired) electrons.